The van der Waals surface area contributed by atoms with E-state index in [1.54, 1.807) is 6.07 Å². The van der Waals surface area contributed by atoms with Crippen molar-refractivity contribution in [1.29, 1.82) is 0 Å². The fourth-order valence-corrected chi connectivity index (χ4v) is 2.88. The molecule has 0 aliphatic heterocycles. The van der Waals surface area contributed by atoms with Gasteiger partial charge >= 0.3 is 6.18 Å². The summed E-state index contributed by atoms with van der Waals surface area (Å²) in [6.07, 6.45) is 0.988. The monoisotopic (exact) mass is 493 g/mol. The molecule has 0 N–H and O–H groups in total. The van der Waals surface area contributed by atoms with Crippen LogP contribution in [0.5, 0.6) is 11.5 Å². The Morgan fingerprint density at radius 1 is 1.20 bits per heavy atom. The number of aromatic nitrogens is 1. The van der Waals surface area contributed by atoms with Crippen molar-refractivity contribution in [3.05, 3.63) is 77.1 Å². The molecule has 2 aromatic rings. The van der Waals surface area contributed by atoms with Crippen LogP contribution in [0.2, 0.25) is 0 Å². The van der Waals surface area contributed by atoms with Gasteiger partial charge in [0.05, 0.1) is 0 Å². The lowest BCUT2D eigenvalue weighted by atomic mass is 10.2. The molecular formula is C26H31F4N3O2. The Hall–Kier alpha value is -3.36. The minimum absolute atomic E-state index is 0.0390. The first-order valence-electron chi connectivity index (χ1n) is 11.2. The van der Waals surface area contributed by atoms with E-state index >= 15 is 0 Å². The lowest BCUT2D eigenvalue weighted by Gasteiger charge is -2.26. The first kappa shape index (κ1) is 27.9. The highest BCUT2D eigenvalue weighted by molar-refractivity contribution is 5.89. The van der Waals surface area contributed by atoms with Crippen LogP contribution < -0.4 is 4.74 Å². The highest BCUT2D eigenvalue weighted by Gasteiger charge is 2.32. The number of alkyl halides is 3. The van der Waals surface area contributed by atoms with Crippen molar-refractivity contribution < 1.29 is 27.0 Å². The summed E-state index contributed by atoms with van der Waals surface area (Å²) >= 11 is 0. The standard InChI is InChI=1S/C26H31F4N3O2/c1-7-17(3)32-25(13-19(5)33(6)18(4)8-2)34-16-20-9-10-23(22(27)14-20)35-21-11-12-31-24(15-21)26(28,29)30/h7,9-15,18H,8,16H2,1-6H3/b17-7+,19-13+,32-25-. The molecule has 2 rings (SSSR count). The summed E-state index contributed by atoms with van der Waals surface area (Å²) in [5.74, 6) is -0.733. The topological polar surface area (TPSA) is 47.0 Å². The Bertz CT molecular complexity index is 1090. The maximum absolute atomic E-state index is 14.6. The molecule has 9 heteroatoms. The molecule has 0 saturated carbocycles. The highest BCUT2D eigenvalue weighted by atomic mass is 19.4. The van der Waals surface area contributed by atoms with E-state index < -0.39 is 17.7 Å². The van der Waals surface area contributed by atoms with Gasteiger partial charge in [0.1, 0.15) is 18.1 Å². The van der Waals surface area contributed by atoms with Gasteiger partial charge in [0, 0.05) is 42.8 Å². The summed E-state index contributed by atoms with van der Waals surface area (Å²) in [4.78, 5) is 9.87. The molecule has 1 aromatic carbocycles. The van der Waals surface area contributed by atoms with Gasteiger partial charge in [-0.1, -0.05) is 19.1 Å². The quantitative estimate of drug-likeness (QED) is 0.206. The van der Waals surface area contributed by atoms with Gasteiger partial charge in [-0.05, 0) is 57.9 Å². The van der Waals surface area contributed by atoms with E-state index in [9.17, 15) is 17.6 Å². The Morgan fingerprint density at radius 3 is 2.51 bits per heavy atom. The zero-order valence-electron chi connectivity index (χ0n) is 20.8. The number of halogens is 4. The Morgan fingerprint density at radius 2 is 1.91 bits per heavy atom. The van der Waals surface area contributed by atoms with Gasteiger partial charge in [-0.25, -0.2) is 9.38 Å². The third-order valence-electron chi connectivity index (χ3n) is 5.48. The SMILES string of the molecule is C/C=C(C)/N=C(/C=C(\C)N(C)C(C)CC)OCc1ccc(Oc2ccnc(C(F)(F)F)c2)c(F)c1. The minimum Gasteiger partial charge on any atom is -0.473 e. The molecule has 0 spiro atoms. The molecule has 0 bridgehead atoms. The van der Waals surface area contributed by atoms with E-state index in [4.69, 9.17) is 9.47 Å². The average molecular weight is 494 g/mol. The zero-order valence-corrected chi connectivity index (χ0v) is 20.8. The summed E-state index contributed by atoms with van der Waals surface area (Å²) in [5.41, 5.74) is 1.12. The van der Waals surface area contributed by atoms with E-state index in [0.717, 1.165) is 24.0 Å². The number of hydrogen-bond donors (Lipinski definition) is 0. The number of hydrogen-bond acceptors (Lipinski definition) is 5. The number of ether oxygens (including phenoxy) is 2. The lowest BCUT2D eigenvalue weighted by Crippen LogP contribution is -2.27. The molecule has 0 aliphatic rings. The second-order valence-electron chi connectivity index (χ2n) is 8.06. The van der Waals surface area contributed by atoms with Crippen LogP contribution in [0.3, 0.4) is 0 Å². The summed E-state index contributed by atoms with van der Waals surface area (Å²) in [7, 11) is 1.99. The van der Waals surface area contributed by atoms with E-state index in [0.29, 0.717) is 23.6 Å². The molecule has 1 heterocycles. The molecular weight excluding hydrogens is 462 g/mol. The second-order valence-corrected chi connectivity index (χ2v) is 8.06. The third-order valence-corrected chi connectivity index (χ3v) is 5.48. The molecule has 0 aliphatic carbocycles. The van der Waals surface area contributed by atoms with Gasteiger partial charge < -0.3 is 14.4 Å². The van der Waals surface area contributed by atoms with Crippen LogP contribution in [0.25, 0.3) is 0 Å². The third kappa shape index (κ3) is 8.42. The second kappa shape index (κ2) is 12.4. The van der Waals surface area contributed by atoms with E-state index in [1.165, 1.54) is 18.2 Å². The van der Waals surface area contributed by atoms with Crippen LogP contribution in [0, 0.1) is 5.82 Å². The van der Waals surface area contributed by atoms with Crippen LogP contribution in [0.4, 0.5) is 17.6 Å². The zero-order chi connectivity index (χ0) is 26.2. The highest BCUT2D eigenvalue weighted by Crippen LogP contribution is 2.32. The lowest BCUT2D eigenvalue weighted by molar-refractivity contribution is -0.141. The predicted octanol–water partition coefficient (Wildman–Crippen LogP) is 7.50. The van der Waals surface area contributed by atoms with Crippen LogP contribution in [-0.4, -0.2) is 28.9 Å². The molecule has 190 valence electrons. The summed E-state index contributed by atoms with van der Waals surface area (Å²) < 4.78 is 64.3. The molecule has 0 saturated heterocycles. The Kier molecular flexibility index (Phi) is 9.86. The normalized spacial score (nSPS) is 14.1. The first-order valence-corrected chi connectivity index (χ1v) is 11.2. The number of pyridine rings is 1. The van der Waals surface area contributed by atoms with E-state index in [2.05, 4.69) is 28.7 Å². The minimum atomic E-state index is -4.63. The summed E-state index contributed by atoms with van der Waals surface area (Å²) in [6.45, 7) is 9.94. The van der Waals surface area contributed by atoms with Crippen LogP contribution in [0.1, 0.15) is 52.3 Å². The van der Waals surface area contributed by atoms with Crippen molar-refractivity contribution in [2.45, 2.75) is 59.9 Å². The molecule has 5 nitrogen and oxygen atoms in total. The summed E-state index contributed by atoms with van der Waals surface area (Å²) in [6, 6.07) is 6.41. The van der Waals surface area contributed by atoms with Gasteiger partial charge in [-0.15, -0.1) is 0 Å². The number of allylic oxidation sites excluding steroid dienone is 3. The fraction of sp³-hybridized carbons (Fsp3) is 0.385. The molecule has 35 heavy (non-hydrogen) atoms. The number of aliphatic imine (C=N–C) groups is 1. The van der Waals surface area contributed by atoms with Crippen LogP contribution in [-0.2, 0) is 17.5 Å². The van der Waals surface area contributed by atoms with Crippen molar-refractivity contribution in [3.8, 4) is 11.5 Å². The van der Waals surface area contributed by atoms with E-state index in [-0.39, 0.29) is 18.1 Å². The van der Waals surface area contributed by atoms with Crippen molar-refractivity contribution in [1.82, 2.24) is 9.88 Å². The van der Waals surface area contributed by atoms with Gasteiger partial charge in [-0.3, -0.25) is 4.98 Å². The average Bonchev–Trinajstić information content (AvgIpc) is 2.82. The number of nitrogens with zero attached hydrogens (tertiary/aromatic N) is 3. The molecule has 1 atom stereocenters. The molecule has 1 unspecified atom stereocenters. The molecule has 0 fully saturated rings. The maximum Gasteiger partial charge on any atom is 0.433 e. The van der Waals surface area contributed by atoms with Gasteiger partial charge in [0.2, 0.25) is 5.90 Å². The Labute approximate surface area is 203 Å². The van der Waals surface area contributed by atoms with Gasteiger partial charge in [0.25, 0.3) is 0 Å². The van der Waals surface area contributed by atoms with Crippen LogP contribution in [0.15, 0.2) is 65.1 Å². The van der Waals surface area contributed by atoms with Gasteiger partial charge in [-0.2, -0.15) is 13.2 Å². The largest absolute Gasteiger partial charge is 0.473 e. The van der Waals surface area contributed by atoms with Gasteiger partial charge in [0.15, 0.2) is 11.6 Å². The van der Waals surface area contributed by atoms with Crippen molar-refractivity contribution in [2.24, 2.45) is 4.99 Å². The fourth-order valence-electron chi connectivity index (χ4n) is 2.88. The Balaban J connectivity index is 2.17. The predicted molar refractivity (Wildman–Crippen MR) is 129 cm³/mol. The number of rotatable bonds is 9. The molecule has 0 amide bonds. The number of benzene rings is 1. The van der Waals surface area contributed by atoms with Crippen molar-refractivity contribution in [3.63, 3.8) is 0 Å². The van der Waals surface area contributed by atoms with Crippen molar-refractivity contribution >= 4 is 5.90 Å². The maximum atomic E-state index is 14.6. The summed E-state index contributed by atoms with van der Waals surface area (Å²) in [5, 5.41) is 0. The van der Waals surface area contributed by atoms with Crippen molar-refractivity contribution in [2.75, 3.05) is 7.05 Å². The van der Waals surface area contributed by atoms with E-state index in [1.807, 2.05) is 40.0 Å². The first-order chi connectivity index (χ1) is 16.4. The smallest absolute Gasteiger partial charge is 0.433 e. The molecule has 0 radical (unpaired) electrons. The molecule has 1 aromatic heterocycles. The van der Waals surface area contributed by atoms with Crippen LogP contribution >= 0.6 is 0 Å².